The van der Waals surface area contributed by atoms with E-state index in [-0.39, 0.29) is 24.9 Å². The molecule has 6 heteroatoms. The molecule has 0 aromatic heterocycles. The maximum atomic E-state index is 13.1. The van der Waals surface area contributed by atoms with Gasteiger partial charge in [0.15, 0.2) is 0 Å². The van der Waals surface area contributed by atoms with Crippen molar-refractivity contribution < 1.29 is 24.5 Å². The SMILES string of the molecule is CC/C=C/C=C/C=C\C=C/C=C/CCCCCC(=O)OC(/C=C/C/C=C\CCCCCCCC)CC(=O)NC(CO)C(O)CCCCCCCCCCCCC. The molecule has 0 fully saturated rings. The lowest BCUT2D eigenvalue weighted by Gasteiger charge is -2.23. The van der Waals surface area contributed by atoms with Crippen LogP contribution in [0.25, 0.3) is 0 Å². The molecule has 0 aromatic rings. The van der Waals surface area contributed by atoms with E-state index in [0.717, 1.165) is 57.8 Å². The minimum atomic E-state index is -0.820. The van der Waals surface area contributed by atoms with Gasteiger partial charge >= 0.3 is 5.97 Å². The van der Waals surface area contributed by atoms with E-state index in [0.29, 0.717) is 19.3 Å². The molecule has 0 saturated carbocycles. The average molecular weight is 780 g/mol. The molecule has 0 aliphatic rings. The Morgan fingerprint density at radius 2 is 1.07 bits per heavy atom. The van der Waals surface area contributed by atoms with E-state index in [4.69, 9.17) is 4.74 Å². The lowest BCUT2D eigenvalue weighted by Crippen LogP contribution is -2.46. The van der Waals surface area contributed by atoms with E-state index in [2.05, 4.69) is 50.4 Å². The van der Waals surface area contributed by atoms with Gasteiger partial charge in [-0.15, -0.1) is 0 Å². The second kappa shape index (κ2) is 43.2. The van der Waals surface area contributed by atoms with Crippen LogP contribution in [-0.2, 0) is 14.3 Å². The number of carbonyl (C=O) groups excluding carboxylic acids is 2. The third-order valence-electron chi connectivity index (χ3n) is 9.83. The minimum absolute atomic E-state index is 0.0505. The van der Waals surface area contributed by atoms with E-state index < -0.39 is 18.2 Å². The summed E-state index contributed by atoms with van der Waals surface area (Å²) in [6.07, 6.45) is 55.2. The fourth-order valence-electron chi connectivity index (χ4n) is 6.36. The van der Waals surface area contributed by atoms with Gasteiger partial charge in [-0.1, -0.05) is 209 Å². The minimum Gasteiger partial charge on any atom is -0.458 e. The average Bonchev–Trinajstić information content (AvgIpc) is 3.19. The molecule has 0 spiro atoms. The summed E-state index contributed by atoms with van der Waals surface area (Å²) < 4.78 is 5.78. The normalized spacial score (nSPS) is 14.2. The Hall–Kier alpha value is -2.96. The van der Waals surface area contributed by atoms with Crippen molar-refractivity contribution in [3.63, 3.8) is 0 Å². The highest BCUT2D eigenvalue weighted by atomic mass is 16.5. The molecule has 0 rings (SSSR count). The molecular formula is C50H85NO5. The lowest BCUT2D eigenvalue weighted by atomic mass is 10.0. The van der Waals surface area contributed by atoms with Gasteiger partial charge in [0.25, 0.3) is 0 Å². The monoisotopic (exact) mass is 780 g/mol. The van der Waals surface area contributed by atoms with E-state index >= 15 is 0 Å². The number of rotatable bonds is 39. The molecule has 0 heterocycles. The zero-order chi connectivity index (χ0) is 41.0. The standard InChI is InChI=1S/C50H85NO5/c1-4-7-10-13-16-19-22-23-24-25-28-31-34-37-40-43-50(55)56-46(41-38-35-32-29-26-20-17-14-11-8-5-2)44-49(54)51-47(45-52)48(53)42-39-36-33-30-27-21-18-15-12-9-6-3/h7,10,13,16,19,22-25,28-29,32,38,41,46-48,52-53H,4-6,8-9,11-12,14-15,17-18,20-21,26-27,30-31,33-37,39-40,42-45H2,1-3H3,(H,51,54)/b10-7+,16-13+,22-19-,24-23-,28-25+,32-29-,41-38+. The summed E-state index contributed by atoms with van der Waals surface area (Å²) in [4.78, 5) is 25.9. The van der Waals surface area contributed by atoms with Crippen LogP contribution >= 0.6 is 0 Å². The summed E-state index contributed by atoms with van der Waals surface area (Å²) in [5.74, 6) is -0.661. The van der Waals surface area contributed by atoms with Crippen molar-refractivity contribution in [1.29, 1.82) is 0 Å². The Bertz CT molecular complexity index is 1100. The predicted octanol–water partition coefficient (Wildman–Crippen LogP) is 13.2. The molecule has 0 aliphatic heterocycles. The van der Waals surface area contributed by atoms with Crippen molar-refractivity contribution in [2.45, 2.75) is 212 Å². The summed E-state index contributed by atoms with van der Waals surface area (Å²) in [6.45, 7) is 6.26. The molecule has 56 heavy (non-hydrogen) atoms. The van der Waals surface area contributed by atoms with Crippen LogP contribution in [0, 0.1) is 0 Å². The predicted molar refractivity (Wildman–Crippen MR) is 241 cm³/mol. The number of unbranched alkanes of at least 4 members (excludes halogenated alkanes) is 19. The third-order valence-corrected chi connectivity index (χ3v) is 9.83. The highest BCUT2D eigenvalue weighted by Gasteiger charge is 2.23. The number of amides is 1. The molecule has 6 nitrogen and oxygen atoms in total. The fraction of sp³-hybridized carbons (Fsp3) is 0.680. The first-order valence-corrected chi connectivity index (χ1v) is 22.9. The Morgan fingerprint density at radius 1 is 0.571 bits per heavy atom. The van der Waals surface area contributed by atoms with Gasteiger partial charge in [0.1, 0.15) is 6.10 Å². The second-order valence-corrected chi connectivity index (χ2v) is 15.2. The van der Waals surface area contributed by atoms with Gasteiger partial charge in [-0.3, -0.25) is 9.59 Å². The molecular weight excluding hydrogens is 695 g/mol. The first-order valence-electron chi connectivity index (χ1n) is 22.9. The van der Waals surface area contributed by atoms with Crippen molar-refractivity contribution in [3.8, 4) is 0 Å². The number of allylic oxidation sites excluding steroid dienone is 13. The molecule has 320 valence electrons. The van der Waals surface area contributed by atoms with Crippen LogP contribution in [0.15, 0.2) is 85.1 Å². The molecule has 0 bridgehead atoms. The lowest BCUT2D eigenvalue weighted by molar-refractivity contribution is -0.148. The molecule has 0 saturated heterocycles. The van der Waals surface area contributed by atoms with Crippen LogP contribution in [0.2, 0.25) is 0 Å². The molecule has 3 atom stereocenters. The number of hydrogen-bond donors (Lipinski definition) is 3. The number of aliphatic hydroxyl groups is 2. The number of carbonyl (C=O) groups is 2. The zero-order valence-electron chi connectivity index (χ0n) is 36.2. The number of esters is 1. The Balaban J connectivity index is 4.77. The van der Waals surface area contributed by atoms with Crippen molar-refractivity contribution >= 4 is 11.9 Å². The third kappa shape index (κ3) is 37.9. The van der Waals surface area contributed by atoms with Gasteiger partial charge < -0.3 is 20.3 Å². The second-order valence-electron chi connectivity index (χ2n) is 15.2. The number of aliphatic hydroxyl groups excluding tert-OH is 2. The van der Waals surface area contributed by atoms with Crippen molar-refractivity contribution in [2.24, 2.45) is 0 Å². The van der Waals surface area contributed by atoms with Crippen molar-refractivity contribution in [1.82, 2.24) is 5.32 Å². The van der Waals surface area contributed by atoms with Crippen LogP contribution in [0.4, 0.5) is 0 Å². The van der Waals surface area contributed by atoms with Crippen LogP contribution < -0.4 is 5.32 Å². The Kier molecular flexibility index (Phi) is 40.9. The highest BCUT2D eigenvalue weighted by Crippen LogP contribution is 2.15. The maximum absolute atomic E-state index is 13.1. The van der Waals surface area contributed by atoms with Gasteiger partial charge in [-0.05, 0) is 57.4 Å². The smallest absolute Gasteiger partial charge is 0.306 e. The summed E-state index contributed by atoms with van der Waals surface area (Å²) in [6, 6.07) is -0.744. The van der Waals surface area contributed by atoms with E-state index in [1.807, 2.05) is 54.7 Å². The first kappa shape index (κ1) is 53.0. The van der Waals surface area contributed by atoms with E-state index in [1.165, 1.54) is 89.9 Å². The summed E-state index contributed by atoms with van der Waals surface area (Å²) in [5, 5.41) is 23.6. The van der Waals surface area contributed by atoms with Gasteiger partial charge in [0.2, 0.25) is 5.91 Å². The molecule has 3 N–H and O–H groups in total. The first-order chi connectivity index (χ1) is 27.5. The summed E-state index contributed by atoms with van der Waals surface area (Å²) in [7, 11) is 0. The maximum Gasteiger partial charge on any atom is 0.306 e. The van der Waals surface area contributed by atoms with Crippen molar-refractivity contribution in [2.75, 3.05) is 6.61 Å². The van der Waals surface area contributed by atoms with Crippen molar-refractivity contribution in [3.05, 3.63) is 85.1 Å². The van der Waals surface area contributed by atoms with Gasteiger partial charge in [-0.25, -0.2) is 0 Å². The van der Waals surface area contributed by atoms with Gasteiger partial charge in [-0.2, -0.15) is 0 Å². The molecule has 0 aromatic carbocycles. The molecule has 3 unspecified atom stereocenters. The number of nitrogens with one attached hydrogen (secondary N) is 1. The van der Waals surface area contributed by atoms with E-state index in [1.54, 1.807) is 6.08 Å². The van der Waals surface area contributed by atoms with Crippen LogP contribution in [0.5, 0.6) is 0 Å². The number of hydrogen-bond acceptors (Lipinski definition) is 5. The Morgan fingerprint density at radius 3 is 1.64 bits per heavy atom. The zero-order valence-corrected chi connectivity index (χ0v) is 36.2. The van der Waals surface area contributed by atoms with Crippen LogP contribution in [0.1, 0.15) is 194 Å². The molecule has 0 aliphatic carbocycles. The summed E-state index contributed by atoms with van der Waals surface area (Å²) >= 11 is 0. The Labute approximate surface area is 344 Å². The fourth-order valence-corrected chi connectivity index (χ4v) is 6.36. The van der Waals surface area contributed by atoms with Gasteiger partial charge in [0.05, 0.1) is 25.2 Å². The quantitative estimate of drug-likeness (QED) is 0.0250. The molecule has 1 amide bonds. The largest absolute Gasteiger partial charge is 0.458 e. The summed E-state index contributed by atoms with van der Waals surface area (Å²) in [5.41, 5.74) is 0. The number of ether oxygens (including phenoxy) is 1. The topological polar surface area (TPSA) is 95.9 Å². The highest BCUT2D eigenvalue weighted by molar-refractivity contribution is 5.78. The van der Waals surface area contributed by atoms with Gasteiger partial charge in [0, 0.05) is 6.42 Å². The van der Waals surface area contributed by atoms with Crippen LogP contribution in [0.3, 0.4) is 0 Å². The van der Waals surface area contributed by atoms with E-state index in [9.17, 15) is 19.8 Å². The molecule has 0 radical (unpaired) electrons. The van der Waals surface area contributed by atoms with Crippen LogP contribution in [-0.4, -0.2) is 46.9 Å².